The van der Waals surface area contributed by atoms with Crippen molar-refractivity contribution in [3.8, 4) is 6.07 Å². The van der Waals surface area contributed by atoms with Gasteiger partial charge in [-0.2, -0.15) is 5.26 Å². The molecular formula is C10H15NO2. The van der Waals surface area contributed by atoms with Crippen molar-refractivity contribution < 1.29 is 9.53 Å². The van der Waals surface area contributed by atoms with Crippen molar-refractivity contribution in [1.29, 1.82) is 5.26 Å². The van der Waals surface area contributed by atoms with Crippen LogP contribution in [0.3, 0.4) is 0 Å². The SMILES string of the molecule is N#CC(=O)OC1CCCCCCC1. The number of ether oxygens (including phenoxy) is 1. The van der Waals surface area contributed by atoms with Gasteiger partial charge in [0.15, 0.2) is 6.07 Å². The first-order valence-electron chi connectivity index (χ1n) is 4.93. The molecule has 72 valence electrons. The maximum Gasteiger partial charge on any atom is 0.411 e. The predicted molar refractivity (Wildman–Crippen MR) is 47.8 cm³/mol. The van der Waals surface area contributed by atoms with E-state index >= 15 is 0 Å². The summed E-state index contributed by atoms with van der Waals surface area (Å²) < 4.78 is 4.98. The first kappa shape index (κ1) is 10.0. The van der Waals surface area contributed by atoms with Crippen LogP contribution in [0.2, 0.25) is 0 Å². The zero-order valence-electron chi connectivity index (χ0n) is 7.79. The van der Waals surface area contributed by atoms with E-state index in [-0.39, 0.29) is 6.10 Å². The molecule has 1 aliphatic rings. The van der Waals surface area contributed by atoms with Crippen LogP contribution in [0, 0.1) is 11.3 Å². The van der Waals surface area contributed by atoms with Gasteiger partial charge in [0.25, 0.3) is 0 Å². The lowest BCUT2D eigenvalue weighted by atomic mass is 9.99. The van der Waals surface area contributed by atoms with Gasteiger partial charge in [0.05, 0.1) is 0 Å². The summed E-state index contributed by atoms with van der Waals surface area (Å²) in [5, 5.41) is 8.27. The molecule has 0 aliphatic heterocycles. The predicted octanol–water partition coefficient (Wildman–Crippen LogP) is 2.17. The van der Waals surface area contributed by atoms with Crippen LogP contribution in [0.25, 0.3) is 0 Å². The highest BCUT2D eigenvalue weighted by Gasteiger charge is 2.14. The van der Waals surface area contributed by atoms with Crippen molar-refractivity contribution in [3.05, 3.63) is 0 Å². The molecule has 1 saturated carbocycles. The molecule has 0 heterocycles. The third-order valence-corrected chi connectivity index (χ3v) is 2.42. The van der Waals surface area contributed by atoms with Gasteiger partial charge in [-0.1, -0.05) is 19.3 Å². The Labute approximate surface area is 78.7 Å². The normalized spacial score (nSPS) is 19.6. The summed E-state index contributed by atoms with van der Waals surface area (Å²) in [4.78, 5) is 10.7. The van der Waals surface area contributed by atoms with Crippen LogP contribution in [0.4, 0.5) is 0 Å². The number of carbonyl (C=O) groups is 1. The zero-order chi connectivity index (χ0) is 9.52. The third kappa shape index (κ3) is 3.93. The second-order valence-corrected chi connectivity index (χ2v) is 3.48. The maximum atomic E-state index is 10.7. The number of hydrogen-bond donors (Lipinski definition) is 0. The second kappa shape index (κ2) is 5.58. The van der Waals surface area contributed by atoms with Crippen molar-refractivity contribution in [2.75, 3.05) is 0 Å². The van der Waals surface area contributed by atoms with Crippen LogP contribution < -0.4 is 0 Å². The topological polar surface area (TPSA) is 50.1 Å². The minimum absolute atomic E-state index is 0.00699. The second-order valence-electron chi connectivity index (χ2n) is 3.48. The molecule has 0 bridgehead atoms. The van der Waals surface area contributed by atoms with Gasteiger partial charge >= 0.3 is 5.97 Å². The van der Waals surface area contributed by atoms with Crippen LogP contribution in [-0.2, 0) is 9.53 Å². The fourth-order valence-electron chi connectivity index (χ4n) is 1.71. The Morgan fingerprint density at radius 1 is 1.15 bits per heavy atom. The number of hydrogen-bond acceptors (Lipinski definition) is 3. The standard InChI is InChI=1S/C10H15NO2/c11-8-10(12)13-9-6-4-2-1-3-5-7-9/h9H,1-7H2. The summed E-state index contributed by atoms with van der Waals surface area (Å²) in [6, 6.07) is 1.49. The quantitative estimate of drug-likeness (QED) is 0.460. The van der Waals surface area contributed by atoms with E-state index in [9.17, 15) is 4.79 Å². The van der Waals surface area contributed by atoms with Crippen LogP contribution in [0.15, 0.2) is 0 Å². The molecule has 13 heavy (non-hydrogen) atoms. The Balaban J connectivity index is 2.30. The summed E-state index contributed by atoms with van der Waals surface area (Å²) >= 11 is 0. The lowest BCUT2D eigenvalue weighted by Crippen LogP contribution is -2.18. The van der Waals surface area contributed by atoms with Gasteiger partial charge < -0.3 is 4.74 Å². The first-order chi connectivity index (χ1) is 6.33. The van der Waals surface area contributed by atoms with Gasteiger partial charge in [0.1, 0.15) is 6.10 Å². The molecule has 1 fully saturated rings. The highest BCUT2D eigenvalue weighted by Crippen LogP contribution is 2.19. The molecular weight excluding hydrogens is 166 g/mol. The highest BCUT2D eigenvalue weighted by molar-refractivity contribution is 5.85. The fourth-order valence-corrected chi connectivity index (χ4v) is 1.71. The van der Waals surface area contributed by atoms with Gasteiger partial charge in [0, 0.05) is 0 Å². The van der Waals surface area contributed by atoms with Crippen molar-refractivity contribution in [3.63, 3.8) is 0 Å². The summed E-state index contributed by atoms with van der Waals surface area (Å²) in [6.07, 6.45) is 7.81. The first-order valence-corrected chi connectivity index (χ1v) is 4.93. The van der Waals surface area contributed by atoms with Crippen LogP contribution in [0.5, 0.6) is 0 Å². The monoisotopic (exact) mass is 181 g/mol. The van der Waals surface area contributed by atoms with Crippen molar-refractivity contribution >= 4 is 5.97 Å². The summed E-state index contributed by atoms with van der Waals surface area (Å²) in [7, 11) is 0. The molecule has 3 nitrogen and oxygen atoms in total. The molecule has 0 N–H and O–H groups in total. The van der Waals surface area contributed by atoms with Gasteiger partial charge in [0.2, 0.25) is 0 Å². The van der Waals surface area contributed by atoms with E-state index in [0.717, 1.165) is 25.7 Å². The summed E-state index contributed by atoms with van der Waals surface area (Å²) in [5.41, 5.74) is 0. The van der Waals surface area contributed by atoms with Crippen LogP contribution in [0.1, 0.15) is 44.9 Å². The fraction of sp³-hybridized carbons (Fsp3) is 0.800. The van der Waals surface area contributed by atoms with E-state index in [1.54, 1.807) is 0 Å². The molecule has 1 aliphatic carbocycles. The van der Waals surface area contributed by atoms with Crippen molar-refractivity contribution in [2.45, 2.75) is 51.0 Å². The van der Waals surface area contributed by atoms with Gasteiger partial charge in [-0.15, -0.1) is 0 Å². The van der Waals surface area contributed by atoms with E-state index in [1.807, 2.05) is 0 Å². The summed E-state index contributed by atoms with van der Waals surface area (Å²) in [5.74, 6) is -0.731. The number of nitriles is 1. The largest absolute Gasteiger partial charge is 0.451 e. The van der Waals surface area contributed by atoms with Crippen LogP contribution in [-0.4, -0.2) is 12.1 Å². The molecule has 0 spiro atoms. The molecule has 0 aromatic rings. The smallest absolute Gasteiger partial charge is 0.411 e. The molecule has 0 unspecified atom stereocenters. The number of nitrogens with zero attached hydrogens (tertiary/aromatic N) is 1. The molecule has 0 amide bonds. The highest BCUT2D eigenvalue weighted by atomic mass is 16.5. The minimum atomic E-state index is -0.731. The molecule has 0 aromatic heterocycles. The van der Waals surface area contributed by atoms with E-state index < -0.39 is 5.97 Å². The van der Waals surface area contributed by atoms with Gasteiger partial charge in [-0.25, -0.2) is 4.79 Å². The van der Waals surface area contributed by atoms with Gasteiger partial charge in [-0.3, -0.25) is 0 Å². The Morgan fingerprint density at radius 3 is 2.23 bits per heavy atom. The van der Waals surface area contributed by atoms with Crippen molar-refractivity contribution in [2.24, 2.45) is 0 Å². The molecule has 3 heteroatoms. The average Bonchev–Trinajstić information content (AvgIpc) is 2.09. The van der Waals surface area contributed by atoms with E-state index in [1.165, 1.54) is 25.3 Å². The lowest BCUT2D eigenvalue weighted by Gasteiger charge is -2.18. The number of esters is 1. The van der Waals surface area contributed by atoms with Gasteiger partial charge in [-0.05, 0) is 25.7 Å². The Morgan fingerprint density at radius 2 is 1.69 bits per heavy atom. The summed E-state index contributed by atoms with van der Waals surface area (Å²) in [6.45, 7) is 0. The average molecular weight is 181 g/mol. The maximum absolute atomic E-state index is 10.7. The van der Waals surface area contributed by atoms with E-state index in [2.05, 4.69) is 0 Å². The van der Waals surface area contributed by atoms with E-state index in [4.69, 9.17) is 10.00 Å². The zero-order valence-corrected chi connectivity index (χ0v) is 7.79. The van der Waals surface area contributed by atoms with Crippen LogP contribution >= 0.6 is 0 Å². The number of rotatable bonds is 1. The molecule has 0 radical (unpaired) electrons. The number of carbonyl (C=O) groups excluding carboxylic acids is 1. The molecule has 1 rings (SSSR count). The van der Waals surface area contributed by atoms with Crippen molar-refractivity contribution in [1.82, 2.24) is 0 Å². The minimum Gasteiger partial charge on any atom is -0.451 e. The van der Waals surface area contributed by atoms with E-state index in [0.29, 0.717) is 0 Å². The third-order valence-electron chi connectivity index (χ3n) is 2.42. The molecule has 0 saturated heterocycles. The molecule has 0 atom stereocenters. The molecule has 0 aromatic carbocycles. The Bertz CT molecular complexity index is 199. The lowest BCUT2D eigenvalue weighted by molar-refractivity contribution is -0.143. The Hall–Kier alpha value is -1.04. The Kier molecular flexibility index (Phi) is 4.31.